The second-order valence-corrected chi connectivity index (χ2v) is 5.16. The summed E-state index contributed by atoms with van der Waals surface area (Å²) in [5, 5.41) is 2.57. The molecule has 0 saturated heterocycles. The highest BCUT2D eigenvalue weighted by Gasteiger charge is 2.06. The zero-order chi connectivity index (χ0) is 11.2. The second-order valence-electron chi connectivity index (χ2n) is 3.59. The van der Waals surface area contributed by atoms with Crippen LogP contribution < -0.4 is 5.32 Å². The van der Waals surface area contributed by atoms with Gasteiger partial charge in [-0.25, -0.2) is 0 Å². The first-order valence-electron chi connectivity index (χ1n) is 4.53. The van der Waals surface area contributed by atoms with Crippen LogP contribution in [0.15, 0.2) is 0 Å². The van der Waals surface area contributed by atoms with Crippen molar-refractivity contribution in [2.45, 2.75) is 26.7 Å². The van der Waals surface area contributed by atoms with E-state index >= 15 is 0 Å². The van der Waals surface area contributed by atoms with Gasteiger partial charge in [0.2, 0.25) is 5.91 Å². The van der Waals surface area contributed by atoms with Crippen molar-refractivity contribution in [3.63, 3.8) is 0 Å². The van der Waals surface area contributed by atoms with Crippen molar-refractivity contribution >= 4 is 39.1 Å². The monoisotopic (exact) mass is 247 g/mol. The van der Waals surface area contributed by atoms with E-state index in [2.05, 4.69) is 5.32 Å². The molecule has 0 aliphatic carbocycles. The zero-order valence-electron chi connectivity index (χ0n) is 9.19. The Hall–Kier alpha value is 0.146. The maximum absolute atomic E-state index is 11.1. The molecule has 86 valence electrons. The molecule has 0 aliphatic heterocycles. The lowest BCUT2D eigenvalue weighted by Crippen LogP contribution is -2.26. The van der Waals surface area contributed by atoms with Crippen molar-refractivity contribution < 1.29 is 17.8 Å². The molecule has 0 atom stereocenters. The lowest BCUT2D eigenvalue weighted by molar-refractivity contribution is -0.121. The Bertz CT molecular complexity index is 276. The number of hydrogen-bond acceptors (Lipinski definition) is 3. The third kappa shape index (κ3) is 14.1. The molecule has 5 nitrogen and oxygen atoms in total. The van der Waals surface area contributed by atoms with Gasteiger partial charge in [-0.15, -0.1) is 0 Å². The van der Waals surface area contributed by atoms with Crippen molar-refractivity contribution in [1.29, 1.82) is 0 Å². The van der Waals surface area contributed by atoms with Crippen molar-refractivity contribution in [3.05, 3.63) is 0 Å². The first-order valence-corrected chi connectivity index (χ1v) is 6.14. The Morgan fingerprint density at radius 1 is 1.40 bits per heavy atom. The van der Waals surface area contributed by atoms with Crippen LogP contribution in [0.3, 0.4) is 0 Å². The van der Waals surface area contributed by atoms with Crippen molar-refractivity contribution in [3.8, 4) is 0 Å². The molecule has 0 unspecified atom stereocenters. The fraction of sp³-hybridized carbons (Fsp3) is 0.875. The SMILES string of the molecule is CC(C)CC(=O)NCCCS(=O)(=O)O.[Mg]. The van der Waals surface area contributed by atoms with Crippen molar-refractivity contribution in [2.75, 3.05) is 12.3 Å². The Kier molecular flexibility index (Phi) is 9.72. The van der Waals surface area contributed by atoms with E-state index in [-0.39, 0.29) is 53.6 Å². The predicted octanol–water partition coefficient (Wildman–Crippen LogP) is 0.0458. The molecule has 2 N–H and O–H groups in total. The summed E-state index contributed by atoms with van der Waals surface area (Å²) < 4.78 is 29.0. The predicted molar refractivity (Wildman–Crippen MR) is 59.3 cm³/mol. The highest BCUT2D eigenvalue weighted by molar-refractivity contribution is 7.85. The standard InChI is InChI=1S/C8H17NO4S.Mg/c1-7(2)6-8(10)9-4-3-5-14(11,12)13;/h7H,3-6H2,1-2H3,(H,9,10)(H,11,12,13);. The number of carbonyl (C=O) groups excluding carboxylic acids is 1. The second kappa shape index (κ2) is 8.32. The van der Waals surface area contributed by atoms with Gasteiger partial charge in [-0.2, -0.15) is 8.42 Å². The number of amides is 1. The average molecular weight is 248 g/mol. The largest absolute Gasteiger partial charge is 0.356 e. The van der Waals surface area contributed by atoms with Gasteiger partial charge in [0.1, 0.15) is 0 Å². The maximum Gasteiger partial charge on any atom is 0.264 e. The minimum atomic E-state index is -3.90. The molecule has 7 heteroatoms. The van der Waals surface area contributed by atoms with Crippen molar-refractivity contribution in [2.24, 2.45) is 5.92 Å². The lowest BCUT2D eigenvalue weighted by atomic mass is 10.1. The average Bonchev–Trinajstić information content (AvgIpc) is 1.95. The first-order chi connectivity index (χ1) is 6.31. The van der Waals surface area contributed by atoms with E-state index in [9.17, 15) is 13.2 Å². The van der Waals surface area contributed by atoms with Crippen LogP contribution >= 0.6 is 0 Å². The molecule has 1 amide bonds. The van der Waals surface area contributed by atoms with Gasteiger partial charge in [-0.1, -0.05) is 13.8 Å². The van der Waals surface area contributed by atoms with Gasteiger partial charge in [-0.3, -0.25) is 9.35 Å². The van der Waals surface area contributed by atoms with E-state index in [0.717, 1.165) is 0 Å². The van der Waals surface area contributed by atoms with Gasteiger partial charge in [0.15, 0.2) is 0 Å². The van der Waals surface area contributed by atoms with Gasteiger partial charge in [0, 0.05) is 36.0 Å². The molecular formula is C8H17MgNO4S. The van der Waals surface area contributed by atoms with E-state index in [1.807, 2.05) is 13.8 Å². The normalized spacial score (nSPS) is 10.9. The van der Waals surface area contributed by atoms with Gasteiger partial charge in [0.25, 0.3) is 10.1 Å². The Labute approximate surface area is 107 Å². The lowest BCUT2D eigenvalue weighted by Gasteiger charge is -2.05. The van der Waals surface area contributed by atoms with Gasteiger partial charge >= 0.3 is 0 Å². The highest BCUT2D eigenvalue weighted by Crippen LogP contribution is 1.98. The van der Waals surface area contributed by atoms with E-state index < -0.39 is 10.1 Å². The Morgan fingerprint density at radius 3 is 2.33 bits per heavy atom. The van der Waals surface area contributed by atoms with Crippen LogP contribution in [0.2, 0.25) is 0 Å². The molecule has 2 radical (unpaired) electrons. The number of nitrogens with one attached hydrogen (secondary N) is 1. The van der Waals surface area contributed by atoms with Crippen LogP contribution in [0.4, 0.5) is 0 Å². The summed E-state index contributed by atoms with van der Waals surface area (Å²) in [5.41, 5.74) is 0. The molecule has 15 heavy (non-hydrogen) atoms. The fourth-order valence-corrected chi connectivity index (χ4v) is 1.43. The third-order valence-corrected chi connectivity index (χ3v) is 2.30. The highest BCUT2D eigenvalue weighted by atomic mass is 32.2. The number of carbonyl (C=O) groups is 1. The summed E-state index contributed by atoms with van der Waals surface area (Å²) in [4.78, 5) is 11.1. The first kappa shape index (κ1) is 17.5. The summed E-state index contributed by atoms with van der Waals surface area (Å²) in [6, 6.07) is 0. The molecule has 0 aliphatic rings. The summed E-state index contributed by atoms with van der Waals surface area (Å²) in [6.07, 6.45) is 0.675. The summed E-state index contributed by atoms with van der Waals surface area (Å²) in [7, 11) is -3.90. The van der Waals surface area contributed by atoms with Gasteiger partial charge < -0.3 is 5.32 Å². The van der Waals surface area contributed by atoms with E-state index in [4.69, 9.17) is 4.55 Å². The quantitative estimate of drug-likeness (QED) is 0.395. The molecule has 0 heterocycles. The minimum Gasteiger partial charge on any atom is -0.356 e. The molecule has 0 aromatic rings. The van der Waals surface area contributed by atoms with E-state index in [1.165, 1.54) is 0 Å². The van der Waals surface area contributed by atoms with Gasteiger partial charge in [-0.05, 0) is 12.3 Å². The molecular weight excluding hydrogens is 230 g/mol. The summed E-state index contributed by atoms with van der Waals surface area (Å²) in [5.74, 6) is -0.110. The molecule has 0 aromatic heterocycles. The minimum absolute atomic E-state index is 0. The molecule has 0 saturated carbocycles. The molecule has 0 fully saturated rings. The van der Waals surface area contributed by atoms with E-state index in [0.29, 0.717) is 6.42 Å². The smallest absolute Gasteiger partial charge is 0.264 e. The maximum atomic E-state index is 11.1. The van der Waals surface area contributed by atoms with Crippen LogP contribution in [0.5, 0.6) is 0 Å². The zero-order valence-corrected chi connectivity index (χ0v) is 11.4. The summed E-state index contributed by atoms with van der Waals surface area (Å²) in [6.45, 7) is 4.14. The van der Waals surface area contributed by atoms with Crippen LogP contribution in [0, 0.1) is 5.92 Å². The fourth-order valence-electron chi connectivity index (χ4n) is 0.925. The van der Waals surface area contributed by atoms with Crippen LogP contribution in [0.25, 0.3) is 0 Å². The Morgan fingerprint density at radius 2 is 1.93 bits per heavy atom. The molecule has 0 bridgehead atoms. The summed E-state index contributed by atoms with van der Waals surface area (Å²) >= 11 is 0. The van der Waals surface area contributed by atoms with Gasteiger partial charge in [0.05, 0.1) is 5.75 Å². The molecule has 0 spiro atoms. The van der Waals surface area contributed by atoms with E-state index in [1.54, 1.807) is 0 Å². The van der Waals surface area contributed by atoms with Crippen LogP contribution in [-0.4, -0.2) is 54.2 Å². The number of rotatable bonds is 6. The third-order valence-electron chi connectivity index (χ3n) is 1.49. The van der Waals surface area contributed by atoms with Crippen molar-refractivity contribution in [1.82, 2.24) is 5.32 Å². The van der Waals surface area contributed by atoms with Crippen LogP contribution in [0.1, 0.15) is 26.7 Å². The molecule has 0 aromatic carbocycles. The molecule has 0 rings (SSSR count). The number of hydrogen-bond donors (Lipinski definition) is 2. The Balaban J connectivity index is 0. The van der Waals surface area contributed by atoms with Crippen LogP contribution in [-0.2, 0) is 14.9 Å². The topological polar surface area (TPSA) is 83.5 Å².